The molecule has 0 saturated carbocycles. The molecule has 0 fully saturated rings. The number of aromatic nitrogens is 3. The predicted molar refractivity (Wildman–Crippen MR) is 157 cm³/mol. The monoisotopic (exact) mass is 550 g/mol. The zero-order chi connectivity index (χ0) is 29.4. The van der Waals surface area contributed by atoms with Crippen molar-refractivity contribution in [3.63, 3.8) is 0 Å². The van der Waals surface area contributed by atoms with Crippen molar-refractivity contribution in [1.29, 1.82) is 0 Å². The third-order valence-corrected chi connectivity index (χ3v) is 7.74. The Hall–Kier alpha value is -5.02. The number of hydrogen-bond acceptors (Lipinski definition) is 4. The van der Waals surface area contributed by atoms with Gasteiger partial charge in [-0.25, -0.2) is 13.8 Å². The first-order chi connectivity index (χ1) is 19.4. The second-order valence-corrected chi connectivity index (χ2v) is 10.8. The van der Waals surface area contributed by atoms with Crippen LogP contribution in [-0.4, -0.2) is 25.0 Å². The van der Waals surface area contributed by atoms with Crippen molar-refractivity contribution < 1.29 is 14.3 Å². The van der Waals surface area contributed by atoms with E-state index >= 15 is 4.39 Å². The molecule has 3 aromatic carbocycles. The number of nitrogens with one attached hydrogen (secondary N) is 1. The number of rotatable bonds is 4. The van der Waals surface area contributed by atoms with E-state index in [4.69, 9.17) is 5.73 Å². The number of nitrogens with zero attached hydrogens (tertiary/aromatic N) is 2. The molecule has 3 aromatic heterocycles. The molecule has 0 bridgehead atoms. The lowest BCUT2D eigenvalue weighted by Crippen LogP contribution is -2.36. The largest absolute Gasteiger partial charge is 0.386 e. The van der Waals surface area contributed by atoms with E-state index in [0.29, 0.717) is 49.7 Å². The zero-order valence-electron chi connectivity index (χ0n) is 22.9. The van der Waals surface area contributed by atoms with Crippen LogP contribution in [0.1, 0.15) is 40.9 Å². The van der Waals surface area contributed by atoms with Crippen molar-refractivity contribution in [3.8, 4) is 16.8 Å². The highest BCUT2D eigenvalue weighted by Crippen LogP contribution is 2.41. The molecular weight excluding hydrogens is 523 g/mol. The van der Waals surface area contributed by atoms with Gasteiger partial charge in [-0.1, -0.05) is 30.3 Å². The number of carbonyl (C=O) groups is 1. The molecule has 6 rings (SSSR count). The molecular formula is C32H27FN4O4. The molecule has 8 nitrogen and oxygen atoms in total. The lowest BCUT2D eigenvalue weighted by Gasteiger charge is -2.18. The van der Waals surface area contributed by atoms with Crippen LogP contribution in [0.2, 0.25) is 0 Å². The molecule has 0 radical (unpaired) electrons. The number of halogens is 1. The summed E-state index contributed by atoms with van der Waals surface area (Å²) in [5.74, 6) is -1.48. The summed E-state index contributed by atoms with van der Waals surface area (Å²) in [7, 11) is 0. The summed E-state index contributed by atoms with van der Waals surface area (Å²) in [5.41, 5.74) is 7.72. The van der Waals surface area contributed by atoms with Gasteiger partial charge in [0.1, 0.15) is 5.82 Å². The van der Waals surface area contributed by atoms with Crippen molar-refractivity contribution in [3.05, 3.63) is 116 Å². The maximum Gasteiger partial charge on any atom is 0.340 e. The highest BCUT2D eigenvalue weighted by Gasteiger charge is 2.24. The number of H-pyrrole nitrogens is 1. The number of nitrogens with two attached hydrogens (primary N) is 1. The number of aliphatic hydroxyl groups is 1. The van der Waals surface area contributed by atoms with Crippen molar-refractivity contribution in [2.75, 3.05) is 0 Å². The molecule has 1 amide bonds. The van der Waals surface area contributed by atoms with Crippen LogP contribution in [0, 0.1) is 19.7 Å². The van der Waals surface area contributed by atoms with Gasteiger partial charge in [0.05, 0.1) is 27.9 Å². The fraction of sp³-hybridized carbons (Fsp3) is 0.156. The van der Waals surface area contributed by atoms with E-state index in [0.717, 1.165) is 16.2 Å². The summed E-state index contributed by atoms with van der Waals surface area (Å²) in [4.78, 5) is 42.3. The third-order valence-electron chi connectivity index (χ3n) is 7.74. The Labute approximate surface area is 233 Å². The Balaban J connectivity index is 1.69. The minimum absolute atomic E-state index is 0.0181. The standard InChI is InChI=1S/C32H27FN4O4/c1-16-7-6-12-36-25(16)15-26(38)37(31(36)40)24-9-5-8-19(17(24)2)27-22(33)14-21(30(34)39)29-28(27)20-11-10-18(32(3,4)41)13-23(20)35-29/h5-15,35,41H,1-4H3,(H2,34,39). The smallest absolute Gasteiger partial charge is 0.340 e. The molecule has 9 heteroatoms. The average Bonchev–Trinajstić information content (AvgIpc) is 3.28. The molecule has 0 spiro atoms. The molecule has 3 heterocycles. The van der Waals surface area contributed by atoms with Gasteiger partial charge in [0, 0.05) is 34.1 Å². The van der Waals surface area contributed by atoms with Crippen LogP contribution in [0.3, 0.4) is 0 Å². The van der Waals surface area contributed by atoms with E-state index in [1.807, 2.05) is 13.0 Å². The fourth-order valence-electron chi connectivity index (χ4n) is 5.61. The maximum atomic E-state index is 16.0. The quantitative estimate of drug-likeness (QED) is 0.291. The first kappa shape index (κ1) is 26.2. The van der Waals surface area contributed by atoms with Crippen LogP contribution in [0.5, 0.6) is 0 Å². The number of aryl methyl sites for hydroxylation is 1. The Morgan fingerprint density at radius 3 is 2.49 bits per heavy atom. The first-order valence-electron chi connectivity index (χ1n) is 13.0. The second kappa shape index (κ2) is 9.00. The second-order valence-electron chi connectivity index (χ2n) is 10.8. The Morgan fingerprint density at radius 2 is 1.78 bits per heavy atom. The van der Waals surface area contributed by atoms with Gasteiger partial charge < -0.3 is 15.8 Å². The van der Waals surface area contributed by atoms with Crippen LogP contribution in [0.4, 0.5) is 4.39 Å². The number of aromatic amines is 1. The van der Waals surface area contributed by atoms with E-state index in [9.17, 15) is 19.5 Å². The van der Waals surface area contributed by atoms with Crippen LogP contribution in [-0.2, 0) is 5.60 Å². The summed E-state index contributed by atoms with van der Waals surface area (Å²) in [6, 6.07) is 16.3. The van der Waals surface area contributed by atoms with Gasteiger partial charge in [-0.2, -0.15) is 0 Å². The van der Waals surface area contributed by atoms with Crippen LogP contribution < -0.4 is 17.0 Å². The third kappa shape index (κ3) is 3.96. The molecule has 0 aliphatic rings. The van der Waals surface area contributed by atoms with Crippen LogP contribution in [0.15, 0.2) is 76.4 Å². The van der Waals surface area contributed by atoms with Gasteiger partial charge in [-0.15, -0.1) is 0 Å². The van der Waals surface area contributed by atoms with E-state index < -0.39 is 28.6 Å². The van der Waals surface area contributed by atoms with Crippen molar-refractivity contribution in [2.45, 2.75) is 33.3 Å². The summed E-state index contributed by atoms with van der Waals surface area (Å²) in [6.07, 6.45) is 1.60. The fourth-order valence-corrected chi connectivity index (χ4v) is 5.61. The number of fused-ring (bicyclic) bond motifs is 4. The van der Waals surface area contributed by atoms with Gasteiger partial charge in [0.2, 0.25) is 0 Å². The number of benzene rings is 3. The zero-order valence-corrected chi connectivity index (χ0v) is 22.9. The molecule has 0 saturated heterocycles. The molecule has 0 unspecified atom stereocenters. The molecule has 0 aliphatic carbocycles. The summed E-state index contributed by atoms with van der Waals surface area (Å²) in [5, 5.41) is 11.6. The summed E-state index contributed by atoms with van der Waals surface area (Å²) < 4.78 is 18.5. The topological polar surface area (TPSA) is 123 Å². The predicted octanol–water partition coefficient (Wildman–Crippen LogP) is 4.83. The lowest BCUT2D eigenvalue weighted by molar-refractivity contribution is 0.0787. The molecule has 206 valence electrons. The van der Waals surface area contributed by atoms with Gasteiger partial charge >= 0.3 is 5.69 Å². The lowest BCUT2D eigenvalue weighted by atomic mass is 9.91. The van der Waals surface area contributed by atoms with E-state index in [2.05, 4.69) is 4.98 Å². The Kier molecular flexibility index (Phi) is 5.76. The number of hydrogen-bond donors (Lipinski definition) is 3. The number of primary amides is 1. The van der Waals surface area contributed by atoms with Crippen molar-refractivity contribution in [1.82, 2.24) is 14.0 Å². The maximum absolute atomic E-state index is 16.0. The first-order valence-corrected chi connectivity index (χ1v) is 13.0. The van der Waals surface area contributed by atoms with E-state index in [1.165, 1.54) is 10.5 Å². The van der Waals surface area contributed by atoms with Crippen molar-refractivity contribution >= 4 is 33.2 Å². The average molecular weight is 551 g/mol. The van der Waals surface area contributed by atoms with Gasteiger partial charge in [-0.3, -0.25) is 14.0 Å². The molecule has 0 aliphatic heterocycles. The SMILES string of the molecule is Cc1c(-c2c(F)cc(C(N)=O)c3[nH]c4cc(C(C)(C)O)ccc4c23)cccc1-n1c(=O)cc2c(C)cccn2c1=O. The van der Waals surface area contributed by atoms with Gasteiger partial charge in [0.25, 0.3) is 11.5 Å². The van der Waals surface area contributed by atoms with Gasteiger partial charge in [0.15, 0.2) is 0 Å². The van der Waals surface area contributed by atoms with Crippen molar-refractivity contribution in [2.24, 2.45) is 5.73 Å². The summed E-state index contributed by atoms with van der Waals surface area (Å²) in [6.45, 7) is 6.85. The Bertz CT molecular complexity index is 2200. The summed E-state index contributed by atoms with van der Waals surface area (Å²) >= 11 is 0. The van der Waals surface area contributed by atoms with E-state index in [1.54, 1.807) is 69.4 Å². The molecule has 0 atom stereocenters. The normalized spacial score (nSPS) is 12.0. The Morgan fingerprint density at radius 1 is 1.02 bits per heavy atom. The molecule has 6 aromatic rings. The number of amides is 1. The van der Waals surface area contributed by atoms with Gasteiger partial charge in [-0.05, 0) is 74.2 Å². The highest BCUT2D eigenvalue weighted by atomic mass is 19.1. The number of carbonyl (C=O) groups excluding carboxylic acids is 1. The molecule has 4 N–H and O–H groups in total. The van der Waals surface area contributed by atoms with Crippen LogP contribution in [0.25, 0.3) is 44.1 Å². The number of pyridine rings is 1. The van der Waals surface area contributed by atoms with Crippen LogP contribution >= 0.6 is 0 Å². The molecule has 41 heavy (non-hydrogen) atoms. The minimum atomic E-state index is -1.13. The highest BCUT2D eigenvalue weighted by molar-refractivity contribution is 6.20. The van der Waals surface area contributed by atoms with E-state index in [-0.39, 0.29) is 11.1 Å². The minimum Gasteiger partial charge on any atom is -0.386 e.